The summed E-state index contributed by atoms with van der Waals surface area (Å²) in [6.07, 6.45) is 2.62. The maximum atomic E-state index is 13.0. The first-order valence-electron chi connectivity index (χ1n) is 9.32. The van der Waals surface area contributed by atoms with Gasteiger partial charge in [-0.05, 0) is 56.0 Å². The average Bonchev–Trinajstić information content (AvgIpc) is 2.66. The van der Waals surface area contributed by atoms with Crippen molar-refractivity contribution in [3.63, 3.8) is 0 Å². The average molecular weight is 387 g/mol. The van der Waals surface area contributed by atoms with Crippen LogP contribution >= 0.6 is 0 Å². The first-order valence-corrected chi connectivity index (χ1v) is 10.8. The van der Waals surface area contributed by atoms with Crippen LogP contribution < -0.4 is 5.32 Å². The van der Waals surface area contributed by atoms with Crippen LogP contribution in [-0.4, -0.2) is 31.2 Å². The van der Waals surface area contributed by atoms with Crippen LogP contribution in [0.5, 0.6) is 0 Å². The highest BCUT2D eigenvalue weighted by Gasteiger charge is 2.34. The largest absolute Gasteiger partial charge is 0.326 e. The fraction of sp³-hybridized carbons (Fsp3) is 0.381. The van der Waals surface area contributed by atoms with E-state index in [1.54, 1.807) is 30.3 Å². The molecule has 1 aliphatic heterocycles. The highest BCUT2D eigenvalue weighted by molar-refractivity contribution is 7.89. The summed E-state index contributed by atoms with van der Waals surface area (Å²) in [6, 6.07) is 14.1. The van der Waals surface area contributed by atoms with Crippen molar-refractivity contribution in [1.82, 2.24) is 4.31 Å². The molecule has 0 aromatic heterocycles. The van der Waals surface area contributed by atoms with E-state index in [1.165, 1.54) is 4.31 Å². The fourth-order valence-electron chi connectivity index (χ4n) is 3.51. The van der Waals surface area contributed by atoms with E-state index in [-0.39, 0.29) is 23.3 Å². The van der Waals surface area contributed by atoms with E-state index in [1.807, 2.05) is 32.0 Å². The molecule has 5 nitrogen and oxygen atoms in total. The minimum Gasteiger partial charge on any atom is -0.326 e. The highest BCUT2D eigenvalue weighted by atomic mass is 32.2. The standard InChI is InChI=1S/C21H26N2O3S/c1-16-11-12-17(2)20(14-16)22-21(24)15-18-8-6-7-13-23(18)27(25,26)19-9-4-3-5-10-19/h3-5,9-12,14,18H,6-8,13,15H2,1-2H3,(H,22,24)/t18-/m1/s1. The predicted octanol–water partition coefficient (Wildman–Crippen LogP) is 3.88. The van der Waals surface area contributed by atoms with Gasteiger partial charge in [-0.2, -0.15) is 4.31 Å². The van der Waals surface area contributed by atoms with Crippen molar-refractivity contribution < 1.29 is 13.2 Å². The number of amides is 1. The number of aryl methyl sites for hydroxylation is 2. The minimum atomic E-state index is -3.59. The van der Waals surface area contributed by atoms with Gasteiger partial charge in [0.15, 0.2) is 0 Å². The highest BCUT2D eigenvalue weighted by Crippen LogP contribution is 2.27. The van der Waals surface area contributed by atoms with Crippen molar-refractivity contribution >= 4 is 21.6 Å². The van der Waals surface area contributed by atoms with Gasteiger partial charge in [-0.15, -0.1) is 0 Å². The molecule has 6 heteroatoms. The van der Waals surface area contributed by atoms with Gasteiger partial charge in [-0.25, -0.2) is 8.42 Å². The molecule has 1 aliphatic rings. The van der Waals surface area contributed by atoms with Gasteiger partial charge in [0.05, 0.1) is 4.90 Å². The van der Waals surface area contributed by atoms with Crippen molar-refractivity contribution in [2.75, 3.05) is 11.9 Å². The van der Waals surface area contributed by atoms with Gasteiger partial charge in [-0.3, -0.25) is 4.79 Å². The molecule has 1 fully saturated rings. The molecule has 0 saturated carbocycles. The Bertz CT molecular complexity index is 910. The summed E-state index contributed by atoms with van der Waals surface area (Å²) in [7, 11) is -3.59. The molecule has 1 saturated heterocycles. The first-order chi connectivity index (χ1) is 12.9. The molecule has 1 N–H and O–H groups in total. The third kappa shape index (κ3) is 4.57. The molecule has 1 amide bonds. The Morgan fingerprint density at radius 2 is 1.85 bits per heavy atom. The van der Waals surface area contributed by atoms with E-state index in [2.05, 4.69) is 5.32 Å². The van der Waals surface area contributed by atoms with Gasteiger partial charge in [0, 0.05) is 24.7 Å². The third-order valence-electron chi connectivity index (χ3n) is 5.01. The third-order valence-corrected chi connectivity index (χ3v) is 6.98. The lowest BCUT2D eigenvalue weighted by Gasteiger charge is -2.34. The monoisotopic (exact) mass is 386 g/mol. The molecule has 1 atom stereocenters. The van der Waals surface area contributed by atoms with Crippen molar-refractivity contribution in [3.05, 3.63) is 59.7 Å². The van der Waals surface area contributed by atoms with Crippen molar-refractivity contribution in [3.8, 4) is 0 Å². The van der Waals surface area contributed by atoms with Gasteiger partial charge in [0.25, 0.3) is 0 Å². The number of rotatable bonds is 5. The van der Waals surface area contributed by atoms with E-state index in [4.69, 9.17) is 0 Å². The topological polar surface area (TPSA) is 66.5 Å². The zero-order valence-electron chi connectivity index (χ0n) is 15.8. The number of carbonyl (C=O) groups is 1. The molecule has 0 aliphatic carbocycles. The van der Waals surface area contributed by atoms with Gasteiger partial charge >= 0.3 is 0 Å². The normalized spacial score (nSPS) is 18.2. The molecule has 3 rings (SSSR count). The summed E-state index contributed by atoms with van der Waals surface area (Å²) in [5.41, 5.74) is 2.85. The van der Waals surface area contributed by atoms with Crippen molar-refractivity contribution in [2.45, 2.75) is 50.5 Å². The molecule has 27 heavy (non-hydrogen) atoms. The Hall–Kier alpha value is -2.18. The number of hydrogen-bond donors (Lipinski definition) is 1. The number of anilines is 1. The smallest absolute Gasteiger partial charge is 0.243 e. The molecule has 144 valence electrons. The second kappa shape index (κ2) is 8.23. The van der Waals surface area contributed by atoms with Gasteiger partial charge in [0.1, 0.15) is 0 Å². The molecule has 2 aromatic carbocycles. The Morgan fingerprint density at radius 1 is 1.11 bits per heavy atom. The Labute approximate surface area is 161 Å². The van der Waals surface area contributed by atoms with Gasteiger partial charge in [0.2, 0.25) is 15.9 Å². The lowest BCUT2D eigenvalue weighted by Crippen LogP contribution is -2.45. The summed E-state index contributed by atoms with van der Waals surface area (Å²) >= 11 is 0. The second-order valence-corrected chi connectivity index (χ2v) is 9.04. The number of benzene rings is 2. The van der Waals surface area contributed by atoms with E-state index >= 15 is 0 Å². The summed E-state index contributed by atoms with van der Waals surface area (Å²) in [5, 5.41) is 2.95. The lowest BCUT2D eigenvalue weighted by molar-refractivity contribution is -0.117. The molecule has 0 unspecified atom stereocenters. The molecule has 1 heterocycles. The van der Waals surface area contributed by atoms with Gasteiger partial charge < -0.3 is 5.32 Å². The maximum Gasteiger partial charge on any atom is 0.243 e. The lowest BCUT2D eigenvalue weighted by atomic mass is 10.0. The van der Waals surface area contributed by atoms with Crippen molar-refractivity contribution in [2.24, 2.45) is 0 Å². The molecular formula is C21H26N2O3S. The quantitative estimate of drug-likeness (QED) is 0.848. The number of carbonyl (C=O) groups excluding carboxylic acids is 1. The number of nitrogens with zero attached hydrogens (tertiary/aromatic N) is 1. The molecule has 2 aromatic rings. The molecule has 0 bridgehead atoms. The Kier molecular flexibility index (Phi) is 5.97. The van der Waals surface area contributed by atoms with Crippen LogP contribution in [-0.2, 0) is 14.8 Å². The van der Waals surface area contributed by atoms with Crippen LogP contribution in [0.4, 0.5) is 5.69 Å². The zero-order chi connectivity index (χ0) is 19.4. The molecular weight excluding hydrogens is 360 g/mol. The van der Waals surface area contributed by atoms with Crippen LogP contribution in [0.25, 0.3) is 0 Å². The van der Waals surface area contributed by atoms with E-state index in [0.717, 1.165) is 29.7 Å². The van der Waals surface area contributed by atoms with Crippen LogP contribution in [0, 0.1) is 13.8 Å². The Balaban J connectivity index is 1.76. The first kappa shape index (κ1) is 19.6. The molecule has 0 spiro atoms. The van der Waals surface area contributed by atoms with Crippen LogP contribution in [0.1, 0.15) is 36.8 Å². The van der Waals surface area contributed by atoms with Crippen molar-refractivity contribution in [1.29, 1.82) is 0 Å². The molecule has 0 radical (unpaired) electrons. The Morgan fingerprint density at radius 3 is 2.59 bits per heavy atom. The number of piperidine rings is 1. The zero-order valence-corrected chi connectivity index (χ0v) is 16.6. The SMILES string of the molecule is Cc1ccc(C)c(NC(=O)C[C@H]2CCCCN2S(=O)(=O)c2ccccc2)c1. The maximum absolute atomic E-state index is 13.0. The fourth-order valence-corrected chi connectivity index (χ4v) is 5.22. The number of nitrogens with one attached hydrogen (secondary N) is 1. The van der Waals surface area contributed by atoms with Crippen LogP contribution in [0.15, 0.2) is 53.4 Å². The summed E-state index contributed by atoms with van der Waals surface area (Å²) in [6.45, 7) is 4.38. The van der Waals surface area contributed by atoms with E-state index < -0.39 is 10.0 Å². The number of sulfonamides is 1. The summed E-state index contributed by atoms with van der Waals surface area (Å²) in [5.74, 6) is -0.149. The van der Waals surface area contributed by atoms with E-state index in [0.29, 0.717) is 13.0 Å². The van der Waals surface area contributed by atoms with E-state index in [9.17, 15) is 13.2 Å². The summed E-state index contributed by atoms with van der Waals surface area (Å²) in [4.78, 5) is 12.9. The second-order valence-electron chi connectivity index (χ2n) is 7.15. The van der Waals surface area contributed by atoms with Gasteiger partial charge in [-0.1, -0.05) is 36.8 Å². The minimum absolute atomic E-state index is 0.149. The number of hydrogen-bond acceptors (Lipinski definition) is 3. The summed E-state index contributed by atoms with van der Waals surface area (Å²) < 4.78 is 27.6. The predicted molar refractivity (Wildman–Crippen MR) is 107 cm³/mol. The van der Waals surface area contributed by atoms with Crippen LogP contribution in [0.2, 0.25) is 0 Å². The van der Waals surface area contributed by atoms with Crippen LogP contribution in [0.3, 0.4) is 0 Å².